The molecule has 2 heterocycles. The lowest BCUT2D eigenvalue weighted by atomic mass is 10.00. The minimum atomic E-state index is -4.91. The second-order valence-electron chi connectivity index (χ2n) is 8.52. The van der Waals surface area contributed by atoms with E-state index in [1.54, 1.807) is 25.5 Å². The van der Waals surface area contributed by atoms with Crippen LogP contribution in [-0.4, -0.2) is 60.6 Å². The lowest BCUT2D eigenvalue weighted by Crippen LogP contribution is -2.30. The van der Waals surface area contributed by atoms with Crippen LogP contribution in [0, 0.1) is 0 Å². The van der Waals surface area contributed by atoms with E-state index in [4.69, 9.17) is 4.74 Å². The van der Waals surface area contributed by atoms with Crippen LogP contribution >= 0.6 is 11.3 Å². The summed E-state index contributed by atoms with van der Waals surface area (Å²) in [6, 6.07) is 0. The van der Waals surface area contributed by atoms with E-state index in [1.807, 2.05) is 24.9 Å². The van der Waals surface area contributed by atoms with E-state index >= 15 is 0 Å². The fourth-order valence-corrected chi connectivity index (χ4v) is 4.36. The van der Waals surface area contributed by atoms with Crippen LogP contribution in [0.25, 0.3) is 0 Å². The van der Waals surface area contributed by atoms with Crippen molar-refractivity contribution in [2.24, 2.45) is 10.2 Å². The molecule has 35 heavy (non-hydrogen) atoms. The number of carbonyl (C=O) groups is 1. The molecule has 0 spiro atoms. The number of hydrogen-bond donors (Lipinski definition) is 1. The Morgan fingerprint density at radius 3 is 2.57 bits per heavy atom. The first-order valence-electron chi connectivity index (χ1n) is 10.4. The van der Waals surface area contributed by atoms with Gasteiger partial charge in [0.05, 0.1) is 0 Å². The predicted octanol–water partition coefficient (Wildman–Crippen LogP) is 4.46. The third-order valence-electron chi connectivity index (χ3n) is 4.25. The van der Waals surface area contributed by atoms with Crippen molar-refractivity contribution in [3.63, 3.8) is 0 Å². The minimum Gasteiger partial charge on any atom is -0.455 e. The quantitative estimate of drug-likeness (QED) is 0.403. The van der Waals surface area contributed by atoms with Crippen molar-refractivity contribution >= 4 is 32.5 Å². The molecule has 2 rings (SSSR count). The Bertz CT molecular complexity index is 1150. The zero-order chi connectivity index (χ0) is 26.4. The van der Waals surface area contributed by atoms with Crippen molar-refractivity contribution in [1.82, 2.24) is 19.8 Å². The Balaban J connectivity index is 2.35. The first kappa shape index (κ1) is 28.4. The van der Waals surface area contributed by atoms with E-state index in [2.05, 4.69) is 20.4 Å². The summed E-state index contributed by atoms with van der Waals surface area (Å²) in [5, 5.41) is 15.2. The molecule has 1 saturated heterocycles. The van der Waals surface area contributed by atoms with Crippen LogP contribution in [0.4, 0.5) is 18.3 Å². The van der Waals surface area contributed by atoms with Crippen LogP contribution in [0.1, 0.15) is 50.3 Å². The van der Waals surface area contributed by atoms with Crippen LogP contribution in [0.15, 0.2) is 45.5 Å². The Morgan fingerprint density at radius 2 is 1.97 bits per heavy atom. The molecule has 15 heteroatoms. The summed E-state index contributed by atoms with van der Waals surface area (Å²) in [6.07, 6.45) is 0.781. The van der Waals surface area contributed by atoms with Gasteiger partial charge in [0, 0.05) is 25.5 Å². The molecule has 0 atom stereocenters. The average Bonchev–Trinajstić information content (AvgIpc) is 3.16. The molecule has 1 N–H and O–H groups in total. The highest BCUT2D eigenvalue weighted by Crippen LogP contribution is 2.28. The normalized spacial score (nSPS) is 18.5. The molecule has 1 aliphatic heterocycles. The lowest BCUT2D eigenvalue weighted by molar-refractivity contribution is -0.106. The molecular weight excluding hydrogens is 509 g/mol. The number of carbonyl (C=O) groups excluding carboxylic acids is 1. The standard InChI is InChI=1S/C20H27F3N6O4S2/c1-6-15-13(8-7-9-29(15)5)10-14(11-24-35(31,32)12-20(21,22)23)25-27-18-28-26-16(34-18)17(30)33-19(2,3)4/h6,10-11,24H,7-9,12H2,1-5H3/b13-10-,14-11-,15-6+,27-25?. The van der Waals surface area contributed by atoms with Gasteiger partial charge in [-0.2, -0.15) is 13.2 Å². The molecule has 1 aromatic rings. The number of ether oxygens (including phenoxy) is 1. The third-order valence-corrected chi connectivity index (χ3v) is 6.23. The van der Waals surface area contributed by atoms with Crippen LogP contribution in [0.5, 0.6) is 0 Å². The number of allylic oxidation sites excluding steroid dienone is 3. The van der Waals surface area contributed by atoms with Crippen LogP contribution in [-0.2, 0) is 14.8 Å². The number of aromatic nitrogens is 2. The molecular formula is C20H27F3N6O4S2. The number of esters is 1. The molecule has 1 fully saturated rings. The van der Waals surface area contributed by atoms with Gasteiger partial charge in [-0.1, -0.05) is 17.4 Å². The second-order valence-corrected chi connectivity index (χ2v) is 11.2. The largest absolute Gasteiger partial charge is 0.455 e. The Labute approximate surface area is 205 Å². The summed E-state index contributed by atoms with van der Waals surface area (Å²) in [6.45, 7) is 7.73. The molecule has 194 valence electrons. The summed E-state index contributed by atoms with van der Waals surface area (Å²) < 4.78 is 68.4. The molecule has 0 saturated carbocycles. The number of nitrogens with one attached hydrogen (secondary N) is 1. The van der Waals surface area contributed by atoms with Gasteiger partial charge >= 0.3 is 12.1 Å². The molecule has 0 amide bonds. The monoisotopic (exact) mass is 536 g/mol. The fraction of sp³-hybridized carbons (Fsp3) is 0.550. The number of hydrogen-bond acceptors (Lipinski definition) is 10. The van der Waals surface area contributed by atoms with Crippen molar-refractivity contribution in [1.29, 1.82) is 0 Å². The summed E-state index contributed by atoms with van der Waals surface area (Å²) in [5.41, 5.74) is 0.874. The maximum Gasteiger partial charge on any atom is 0.404 e. The van der Waals surface area contributed by atoms with Gasteiger partial charge in [0.2, 0.25) is 15.0 Å². The van der Waals surface area contributed by atoms with Crippen LogP contribution in [0.3, 0.4) is 0 Å². The smallest absolute Gasteiger partial charge is 0.404 e. The lowest BCUT2D eigenvalue weighted by Gasteiger charge is -2.29. The highest BCUT2D eigenvalue weighted by Gasteiger charge is 2.34. The number of nitrogens with zero attached hydrogens (tertiary/aromatic N) is 5. The second kappa shape index (κ2) is 11.3. The maximum absolute atomic E-state index is 12.6. The summed E-state index contributed by atoms with van der Waals surface area (Å²) in [5.74, 6) is -2.74. The van der Waals surface area contributed by atoms with Crippen molar-refractivity contribution in [2.45, 2.75) is 52.3 Å². The van der Waals surface area contributed by atoms with Gasteiger partial charge in [-0.25, -0.2) is 13.2 Å². The van der Waals surface area contributed by atoms with Gasteiger partial charge in [0.25, 0.3) is 5.13 Å². The van der Waals surface area contributed by atoms with E-state index in [9.17, 15) is 26.4 Å². The van der Waals surface area contributed by atoms with Gasteiger partial charge in [0.1, 0.15) is 11.3 Å². The van der Waals surface area contributed by atoms with Gasteiger partial charge < -0.3 is 9.64 Å². The Kier molecular flexibility index (Phi) is 9.17. The van der Waals surface area contributed by atoms with Crippen molar-refractivity contribution in [3.8, 4) is 0 Å². The van der Waals surface area contributed by atoms with Gasteiger partial charge in [-0.15, -0.1) is 20.4 Å². The van der Waals surface area contributed by atoms with E-state index in [1.165, 1.54) is 6.08 Å². The highest BCUT2D eigenvalue weighted by atomic mass is 32.2. The number of likely N-dealkylation sites (tertiary alicyclic amines) is 1. The van der Waals surface area contributed by atoms with E-state index in [0.717, 1.165) is 41.8 Å². The molecule has 0 radical (unpaired) electrons. The number of rotatable bonds is 7. The minimum absolute atomic E-state index is 0.0275. The molecule has 0 aliphatic carbocycles. The molecule has 0 unspecified atom stereocenters. The maximum atomic E-state index is 12.6. The zero-order valence-electron chi connectivity index (χ0n) is 19.9. The molecule has 0 bridgehead atoms. The Hall–Kier alpha value is -2.81. The first-order chi connectivity index (χ1) is 16.1. The van der Waals surface area contributed by atoms with E-state index in [-0.39, 0.29) is 15.8 Å². The number of halogens is 3. The number of likely N-dealkylation sites (N-methyl/N-ethyl adjacent to an activating group) is 1. The number of piperidine rings is 1. The number of azo groups is 1. The van der Waals surface area contributed by atoms with Crippen molar-refractivity contribution < 1.29 is 31.1 Å². The topological polar surface area (TPSA) is 126 Å². The van der Waals surface area contributed by atoms with Gasteiger partial charge in [0.15, 0.2) is 5.75 Å². The summed E-state index contributed by atoms with van der Waals surface area (Å²) >= 11 is 0.795. The number of sulfonamides is 1. The molecule has 0 aromatic carbocycles. The highest BCUT2D eigenvalue weighted by molar-refractivity contribution is 7.89. The van der Waals surface area contributed by atoms with Crippen LogP contribution in [0.2, 0.25) is 0 Å². The SMILES string of the molecule is C\C=C1/C(=C\C(=C\NS(=O)(=O)CC(F)(F)F)N=Nc2nnc(C(=O)OC(C)(C)C)s2)CCCN1C. The van der Waals surface area contributed by atoms with E-state index < -0.39 is 33.5 Å². The first-order valence-corrected chi connectivity index (χ1v) is 12.9. The molecule has 1 aliphatic rings. The van der Waals surface area contributed by atoms with Gasteiger partial charge in [-0.3, -0.25) is 4.72 Å². The third kappa shape index (κ3) is 9.76. The molecule has 1 aromatic heterocycles. The predicted molar refractivity (Wildman–Crippen MR) is 124 cm³/mol. The van der Waals surface area contributed by atoms with E-state index in [0.29, 0.717) is 6.42 Å². The summed E-state index contributed by atoms with van der Waals surface area (Å²) in [4.78, 5) is 14.1. The van der Waals surface area contributed by atoms with Crippen molar-refractivity contribution in [3.05, 3.63) is 40.3 Å². The average molecular weight is 537 g/mol. The zero-order valence-corrected chi connectivity index (χ0v) is 21.5. The molecule has 10 nitrogen and oxygen atoms in total. The van der Waals surface area contributed by atoms with Gasteiger partial charge in [-0.05, 0) is 52.2 Å². The fourth-order valence-electron chi connectivity index (χ4n) is 3.00. The van der Waals surface area contributed by atoms with Crippen LogP contribution < -0.4 is 4.72 Å². The number of alkyl halides is 3. The van der Waals surface area contributed by atoms with Crippen molar-refractivity contribution in [2.75, 3.05) is 19.3 Å². The Morgan fingerprint density at radius 1 is 1.29 bits per heavy atom. The summed E-state index contributed by atoms with van der Waals surface area (Å²) in [7, 11) is -2.82.